The van der Waals surface area contributed by atoms with Crippen LogP contribution in [0.2, 0.25) is 0 Å². The number of hydrogen-bond donors (Lipinski definition) is 1. The summed E-state index contributed by atoms with van der Waals surface area (Å²) in [6.07, 6.45) is 2.40. The number of halogens is 1. The van der Waals surface area contributed by atoms with E-state index in [0.717, 1.165) is 17.5 Å². The first-order valence-electron chi connectivity index (χ1n) is 5.71. The van der Waals surface area contributed by atoms with Crippen LogP contribution in [0.5, 0.6) is 5.75 Å². The summed E-state index contributed by atoms with van der Waals surface area (Å²) in [5.74, 6) is -0.347. The van der Waals surface area contributed by atoms with Gasteiger partial charge >= 0.3 is 0 Å². The SMILES string of the molecule is COc1ccc(CNC(=O)c2ccncc2F)cc1. The monoisotopic (exact) mass is 260 g/mol. The van der Waals surface area contributed by atoms with Crippen molar-refractivity contribution < 1.29 is 13.9 Å². The van der Waals surface area contributed by atoms with Gasteiger partial charge in [-0.2, -0.15) is 0 Å². The molecule has 0 bridgehead atoms. The number of carbonyl (C=O) groups excluding carboxylic acids is 1. The molecular weight excluding hydrogens is 247 g/mol. The van der Waals surface area contributed by atoms with E-state index < -0.39 is 11.7 Å². The highest BCUT2D eigenvalue weighted by Crippen LogP contribution is 2.11. The van der Waals surface area contributed by atoms with E-state index in [4.69, 9.17) is 4.74 Å². The third kappa shape index (κ3) is 3.28. The van der Waals surface area contributed by atoms with Crippen LogP contribution in [-0.4, -0.2) is 18.0 Å². The lowest BCUT2D eigenvalue weighted by atomic mass is 10.2. The van der Waals surface area contributed by atoms with Crippen molar-refractivity contribution >= 4 is 5.91 Å². The second kappa shape index (κ2) is 5.95. The van der Waals surface area contributed by atoms with Crippen LogP contribution >= 0.6 is 0 Å². The molecule has 0 saturated carbocycles. The van der Waals surface area contributed by atoms with E-state index >= 15 is 0 Å². The van der Waals surface area contributed by atoms with Crippen molar-refractivity contribution in [2.24, 2.45) is 0 Å². The van der Waals surface area contributed by atoms with E-state index in [1.54, 1.807) is 19.2 Å². The average molecular weight is 260 g/mol. The average Bonchev–Trinajstić information content (AvgIpc) is 2.46. The Labute approximate surface area is 110 Å². The summed E-state index contributed by atoms with van der Waals surface area (Å²) in [6.45, 7) is 0.324. The first-order valence-corrected chi connectivity index (χ1v) is 5.71. The lowest BCUT2D eigenvalue weighted by molar-refractivity contribution is 0.0946. The second-order valence-electron chi connectivity index (χ2n) is 3.89. The standard InChI is InChI=1S/C14H13FN2O2/c1-19-11-4-2-10(3-5-11)8-17-14(18)12-6-7-16-9-13(12)15/h2-7,9H,8H2,1H3,(H,17,18). The minimum Gasteiger partial charge on any atom is -0.497 e. The molecule has 1 aromatic heterocycles. The van der Waals surface area contributed by atoms with Crippen molar-refractivity contribution in [2.45, 2.75) is 6.54 Å². The molecule has 98 valence electrons. The summed E-state index contributed by atoms with van der Waals surface area (Å²) in [4.78, 5) is 15.4. The lowest BCUT2D eigenvalue weighted by Crippen LogP contribution is -2.23. The van der Waals surface area contributed by atoms with Crippen LogP contribution in [0.15, 0.2) is 42.7 Å². The first-order chi connectivity index (χ1) is 9.20. The number of hydrogen-bond acceptors (Lipinski definition) is 3. The number of methoxy groups -OCH3 is 1. The van der Waals surface area contributed by atoms with Gasteiger partial charge in [0.25, 0.3) is 5.91 Å². The fraction of sp³-hybridized carbons (Fsp3) is 0.143. The van der Waals surface area contributed by atoms with E-state index in [2.05, 4.69) is 10.3 Å². The number of carbonyl (C=O) groups is 1. The highest BCUT2D eigenvalue weighted by Gasteiger charge is 2.10. The molecule has 0 atom stereocenters. The quantitative estimate of drug-likeness (QED) is 0.916. The zero-order chi connectivity index (χ0) is 13.7. The van der Waals surface area contributed by atoms with Gasteiger partial charge in [-0.3, -0.25) is 9.78 Å². The Morgan fingerprint density at radius 3 is 2.68 bits per heavy atom. The molecule has 2 aromatic rings. The number of amides is 1. The lowest BCUT2D eigenvalue weighted by Gasteiger charge is -2.06. The van der Waals surface area contributed by atoms with E-state index in [9.17, 15) is 9.18 Å². The molecule has 1 aromatic carbocycles. The van der Waals surface area contributed by atoms with Crippen molar-refractivity contribution in [1.29, 1.82) is 0 Å². The Bertz CT molecular complexity index is 570. The Balaban J connectivity index is 1.98. The van der Waals surface area contributed by atoms with Crippen LogP contribution in [0.3, 0.4) is 0 Å². The zero-order valence-corrected chi connectivity index (χ0v) is 10.4. The number of rotatable bonds is 4. The first kappa shape index (κ1) is 13.0. The molecule has 0 fully saturated rings. The van der Waals surface area contributed by atoms with Gasteiger partial charge in [0.15, 0.2) is 5.82 Å². The largest absolute Gasteiger partial charge is 0.497 e. The zero-order valence-electron chi connectivity index (χ0n) is 10.4. The predicted octanol–water partition coefficient (Wildman–Crippen LogP) is 2.16. The van der Waals surface area contributed by atoms with Gasteiger partial charge in [-0.15, -0.1) is 0 Å². The van der Waals surface area contributed by atoms with Gasteiger partial charge in [-0.25, -0.2) is 4.39 Å². The molecule has 0 aliphatic carbocycles. The smallest absolute Gasteiger partial charge is 0.254 e. The minimum atomic E-state index is -0.630. The van der Waals surface area contributed by atoms with Gasteiger partial charge in [0.05, 0.1) is 18.9 Å². The number of nitrogens with zero attached hydrogens (tertiary/aromatic N) is 1. The summed E-state index contributed by atoms with van der Waals surface area (Å²) < 4.78 is 18.4. The highest BCUT2D eigenvalue weighted by atomic mass is 19.1. The predicted molar refractivity (Wildman–Crippen MR) is 68.4 cm³/mol. The van der Waals surface area contributed by atoms with E-state index in [-0.39, 0.29) is 5.56 Å². The normalized spacial score (nSPS) is 10.0. The van der Waals surface area contributed by atoms with E-state index in [1.807, 2.05) is 12.1 Å². The molecule has 1 amide bonds. The fourth-order valence-electron chi connectivity index (χ4n) is 1.58. The maximum Gasteiger partial charge on any atom is 0.254 e. The molecule has 0 unspecified atom stereocenters. The molecule has 0 aliphatic heterocycles. The fourth-order valence-corrected chi connectivity index (χ4v) is 1.58. The van der Waals surface area contributed by atoms with Gasteiger partial charge in [0, 0.05) is 12.7 Å². The number of ether oxygens (including phenoxy) is 1. The summed E-state index contributed by atoms with van der Waals surface area (Å²) in [5, 5.41) is 2.65. The molecular formula is C14H13FN2O2. The van der Waals surface area contributed by atoms with Gasteiger partial charge in [0.1, 0.15) is 5.75 Å². The number of nitrogens with one attached hydrogen (secondary N) is 1. The van der Waals surface area contributed by atoms with Crippen LogP contribution in [0.4, 0.5) is 4.39 Å². The summed E-state index contributed by atoms with van der Waals surface area (Å²) in [6, 6.07) is 8.62. The van der Waals surface area contributed by atoms with Gasteiger partial charge in [0.2, 0.25) is 0 Å². The summed E-state index contributed by atoms with van der Waals surface area (Å²) in [5.41, 5.74) is 0.895. The third-order valence-electron chi connectivity index (χ3n) is 2.63. The number of pyridine rings is 1. The molecule has 2 rings (SSSR count). The topological polar surface area (TPSA) is 51.2 Å². The van der Waals surface area contributed by atoms with Gasteiger partial charge in [-0.1, -0.05) is 12.1 Å². The highest BCUT2D eigenvalue weighted by molar-refractivity contribution is 5.94. The van der Waals surface area contributed by atoms with E-state index in [0.29, 0.717) is 6.54 Å². The van der Waals surface area contributed by atoms with Crippen LogP contribution in [0, 0.1) is 5.82 Å². The second-order valence-corrected chi connectivity index (χ2v) is 3.89. The van der Waals surface area contributed by atoms with Crippen molar-refractivity contribution in [1.82, 2.24) is 10.3 Å². The minimum absolute atomic E-state index is 0.0106. The maximum absolute atomic E-state index is 13.3. The Hall–Kier alpha value is -2.43. The Kier molecular flexibility index (Phi) is 4.07. The molecule has 1 N–H and O–H groups in total. The van der Waals surface area contributed by atoms with Gasteiger partial charge < -0.3 is 10.1 Å². The Morgan fingerprint density at radius 2 is 2.05 bits per heavy atom. The van der Waals surface area contributed by atoms with Crippen molar-refractivity contribution in [3.63, 3.8) is 0 Å². The molecule has 0 saturated heterocycles. The van der Waals surface area contributed by atoms with Crippen LogP contribution in [0.25, 0.3) is 0 Å². The number of aromatic nitrogens is 1. The van der Waals surface area contributed by atoms with Gasteiger partial charge in [-0.05, 0) is 23.8 Å². The van der Waals surface area contributed by atoms with Crippen molar-refractivity contribution in [3.8, 4) is 5.75 Å². The van der Waals surface area contributed by atoms with Crippen molar-refractivity contribution in [2.75, 3.05) is 7.11 Å². The van der Waals surface area contributed by atoms with Crippen LogP contribution in [-0.2, 0) is 6.54 Å². The molecule has 1 heterocycles. The number of benzene rings is 1. The molecule has 19 heavy (non-hydrogen) atoms. The molecule has 5 heteroatoms. The van der Waals surface area contributed by atoms with Crippen molar-refractivity contribution in [3.05, 3.63) is 59.7 Å². The van der Waals surface area contributed by atoms with E-state index in [1.165, 1.54) is 12.3 Å². The maximum atomic E-state index is 13.3. The molecule has 4 nitrogen and oxygen atoms in total. The summed E-state index contributed by atoms with van der Waals surface area (Å²) in [7, 11) is 1.59. The summed E-state index contributed by atoms with van der Waals surface area (Å²) >= 11 is 0. The van der Waals surface area contributed by atoms with Crippen LogP contribution in [0.1, 0.15) is 15.9 Å². The third-order valence-corrected chi connectivity index (χ3v) is 2.63. The Morgan fingerprint density at radius 1 is 1.32 bits per heavy atom. The molecule has 0 spiro atoms. The molecule has 0 radical (unpaired) electrons. The van der Waals surface area contributed by atoms with Crippen LogP contribution < -0.4 is 10.1 Å². The molecule has 0 aliphatic rings.